The van der Waals surface area contributed by atoms with Gasteiger partial charge in [-0.25, -0.2) is 4.79 Å². The minimum atomic E-state index is -0.963. The quantitative estimate of drug-likeness (QED) is 0.403. The van der Waals surface area contributed by atoms with Gasteiger partial charge in [-0.15, -0.1) is 0 Å². The van der Waals surface area contributed by atoms with Crippen LogP contribution in [0.25, 0.3) is 0 Å². The van der Waals surface area contributed by atoms with Crippen LogP contribution in [-0.4, -0.2) is 24.1 Å². The van der Waals surface area contributed by atoms with Crippen LogP contribution < -0.4 is 0 Å². The lowest BCUT2D eigenvalue weighted by Crippen LogP contribution is -2.17. The molecule has 0 aromatic heterocycles. The van der Waals surface area contributed by atoms with E-state index in [2.05, 4.69) is 4.74 Å². The van der Waals surface area contributed by atoms with E-state index < -0.39 is 11.8 Å². The third kappa shape index (κ3) is 3.77. The van der Waals surface area contributed by atoms with Gasteiger partial charge in [0.25, 0.3) is 0 Å². The molecule has 10 heavy (non-hydrogen) atoms. The van der Waals surface area contributed by atoms with Gasteiger partial charge in [0.05, 0.1) is 0 Å². The molecule has 0 bridgehead atoms. The van der Waals surface area contributed by atoms with Crippen molar-refractivity contribution in [1.29, 1.82) is 0 Å². The van der Waals surface area contributed by atoms with E-state index in [9.17, 15) is 14.4 Å². The molecule has 0 heterocycles. The summed E-state index contributed by atoms with van der Waals surface area (Å²) >= 11 is 0. The number of ether oxygens (including phenoxy) is 1. The molecular formula is C6H8O4. The Balaban J connectivity index is 3.60. The van der Waals surface area contributed by atoms with Crippen molar-refractivity contribution in [2.75, 3.05) is 6.61 Å². The third-order valence-electron chi connectivity index (χ3n) is 0.694. The first kappa shape index (κ1) is 8.81. The van der Waals surface area contributed by atoms with Crippen LogP contribution in [0.5, 0.6) is 0 Å². The van der Waals surface area contributed by atoms with Crippen molar-refractivity contribution in [3.8, 4) is 0 Å². The van der Waals surface area contributed by atoms with E-state index in [1.165, 1.54) is 6.92 Å². The Morgan fingerprint density at radius 1 is 1.20 bits per heavy atom. The van der Waals surface area contributed by atoms with Gasteiger partial charge in [-0.3, -0.25) is 9.59 Å². The standard InChI is InChI=1S/C6H8O4/c1-4(7)3-10-6(9)5(2)8/h3H2,1-2H3. The van der Waals surface area contributed by atoms with E-state index in [1.807, 2.05) is 0 Å². The van der Waals surface area contributed by atoms with Crippen molar-refractivity contribution in [2.45, 2.75) is 13.8 Å². The molecule has 0 spiro atoms. The van der Waals surface area contributed by atoms with Crippen molar-refractivity contribution in [3.05, 3.63) is 0 Å². The molecule has 0 radical (unpaired) electrons. The molecule has 0 rings (SSSR count). The topological polar surface area (TPSA) is 60.4 Å². The Labute approximate surface area is 58.2 Å². The Morgan fingerprint density at radius 3 is 2.00 bits per heavy atom. The fraction of sp³-hybridized carbons (Fsp3) is 0.500. The molecule has 0 unspecified atom stereocenters. The molecule has 0 aromatic rings. The lowest BCUT2D eigenvalue weighted by atomic mass is 10.4. The fourth-order valence-corrected chi connectivity index (χ4v) is 0.269. The van der Waals surface area contributed by atoms with Gasteiger partial charge in [-0.1, -0.05) is 0 Å². The van der Waals surface area contributed by atoms with Gasteiger partial charge in [-0.2, -0.15) is 0 Å². The zero-order valence-electron chi connectivity index (χ0n) is 5.84. The minimum absolute atomic E-state index is 0.283. The maximum atomic E-state index is 10.3. The number of rotatable bonds is 3. The molecule has 0 amide bonds. The molecule has 0 aromatic carbocycles. The highest BCUT2D eigenvalue weighted by Crippen LogP contribution is 1.80. The van der Waals surface area contributed by atoms with E-state index in [1.54, 1.807) is 0 Å². The summed E-state index contributed by atoms with van der Waals surface area (Å²) in [6.07, 6.45) is 0. The average Bonchev–Trinajstić information content (AvgIpc) is 1.82. The van der Waals surface area contributed by atoms with Crippen molar-refractivity contribution >= 4 is 17.5 Å². The van der Waals surface area contributed by atoms with E-state index >= 15 is 0 Å². The number of esters is 1. The highest BCUT2D eigenvalue weighted by Gasteiger charge is 2.08. The van der Waals surface area contributed by atoms with E-state index in [0.717, 1.165) is 6.92 Å². The molecule has 4 nitrogen and oxygen atoms in total. The van der Waals surface area contributed by atoms with E-state index in [-0.39, 0.29) is 12.4 Å². The van der Waals surface area contributed by atoms with Crippen molar-refractivity contribution in [2.24, 2.45) is 0 Å². The number of carbonyl (C=O) groups excluding carboxylic acids is 3. The molecule has 56 valence electrons. The molecule has 0 aliphatic rings. The molecule has 0 aliphatic heterocycles. The molecular weight excluding hydrogens is 136 g/mol. The van der Waals surface area contributed by atoms with Crippen LogP contribution in [0, 0.1) is 0 Å². The minimum Gasteiger partial charge on any atom is -0.452 e. The summed E-state index contributed by atoms with van der Waals surface area (Å²) in [4.78, 5) is 30.7. The van der Waals surface area contributed by atoms with Crippen LogP contribution in [0.1, 0.15) is 13.8 Å². The maximum Gasteiger partial charge on any atom is 0.374 e. The van der Waals surface area contributed by atoms with Crippen molar-refractivity contribution < 1.29 is 19.1 Å². The molecule has 0 atom stereocenters. The van der Waals surface area contributed by atoms with Crippen LogP contribution in [0.4, 0.5) is 0 Å². The summed E-state index contributed by atoms with van der Waals surface area (Å²) in [6.45, 7) is 2.04. The van der Waals surface area contributed by atoms with Crippen LogP contribution in [0.3, 0.4) is 0 Å². The zero-order valence-corrected chi connectivity index (χ0v) is 5.84. The molecule has 0 N–H and O–H groups in total. The Bertz CT molecular complexity index is 171. The lowest BCUT2D eigenvalue weighted by Gasteiger charge is -1.96. The number of hydrogen-bond donors (Lipinski definition) is 0. The van der Waals surface area contributed by atoms with Gasteiger partial charge in [0.2, 0.25) is 5.78 Å². The first-order chi connectivity index (χ1) is 4.54. The largest absolute Gasteiger partial charge is 0.452 e. The van der Waals surface area contributed by atoms with Gasteiger partial charge in [0.1, 0.15) is 6.61 Å². The second kappa shape index (κ2) is 3.76. The van der Waals surface area contributed by atoms with Crippen LogP contribution >= 0.6 is 0 Å². The summed E-state index contributed by atoms with van der Waals surface area (Å²) in [7, 11) is 0. The fourth-order valence-electron chi connectivity index (χ4n) is 0.269. The predicted octanol–water partition coefficient (Wildman–Crippen LogP) is -0.292. The Kier molecular flexibility index (Phi) is 3.32. The number of hydrogen-bond acceptors (Lipinski definition) is 4. The zero-order chi connectivity index (χ0) is 8.15. The summed E-state index contributed by atoms with van der Waals surface area (Å²) in [5.74, 6) is -1.94. The summed E-state index contributed by atoms with van der Waals surface area (Å²) in [5.41, 5.74) is 0. The number of ketones is 2. The average molecular weight is 144 g/mol. The Hall–Kier alpha value is -1.19. The number of Topliss-reactive ketones (excluding diaryl/α,β-unsaturated/α-hetero) is 2. The summed E-state index contributed by atoms with van der Waals surface area (Å²) in [6, 6.07) is 0. The monoisotopic (exact) mass is 144 g/mol. The maximum absolute atomic E-state index is 10.3. The SMILES string of the molecule is CC(=O)COC(=O)C(C)=O. The third-order valence-corrected chi connectivity index (χ3v) is 0.694. The van der Waals surface area contributed by atoms with E-state index in [0.29, 0.717) is 0 Å². The number of carbonyl (C=O) groups is 3. The van der Waals surface area contributed by atoms with Gasteiger partial charge >= 0.3 is 5.97 Å². The predicted molar refractivity (Wildman–Crippen MR) is 32.3 cm³/mol. The van der Waals surface area contributed by atoms with Crippen LogP contribution in [0.2, 0.25) is 0 Å². The van der Waals surface area contributed by atoms with E-state index in [4.69, 9.17) is 0 Å². The molecule has 0 saturated heterocycles. The van der Waals surface area contributed by atoms with Gasteiger partial charge < -0.3 is 4.74 Å². The van der Waals surface area contributed by atoms with Crippen molar-refractivity contribution in [3.63, 3.8) is 0 Å². The Morgan fingerprint density at radius 2 is 1.70 bits per heavy atom. The summed E-state index contributed by atoms with van der Waals surface area (Å²) < 4.78 is 4.23. The first-order valence-corrected chi connectivity index (χ1v) is 2.71. The normalized spacial score (nSPS) is 8.60. The van der Waals surface area contributed by atoms with Gasteiger partial charge in [0.15, 0.2) is 5.78 Å². The highest BCUT2D eigenvalue weighted by atomic mass is 16.5. The van der Waals surface area contributed by atoms with Crippen LogP contribution in [-0.2, 0) is 19.1 Å². The highest BCUT2D eigenvalue weighted by molar-refractivity contribution is 6.32. The van der Waals surface area contributed by atoms with Gasteiger partial charge in [0, 0.05) is 6.92 Å². The second-order valence-electron chi connectivity index (χ2n) is 1.83. The van der Waals surface area contributed by atoms with Crippen LogP contribution in [0.15, 0.2) is 0 Å². The lowest BCUT2D eigenvalue weighted by molar-refractivity contribution is -0.154. The molecule has 4 heteroatoms. The van der Waals surface area contributed by atoms with Gasteiger partial charge in [-0.05, 0) is 6.92 Å². The second-order valence-corrected chi connectivity index (χ2v) is 1.83. The molecule has 0 fully saturated rings. The smallest absolute Gasteiger partial charge is 0.374 e. The molecule has 0 saturated carbocycles. The molecule has 0 aliphatic carbocycles. The first-order valence-electron chi connectivity index (χ1n) is 2.71. The summed E-state index contributed by atoms with van der Waals surface area (Å²) in [5, 5.41) is 0. The van der Waals surface area contributed by atoms with Crippen molar-refractivity contribution in [1.82, 2.24) is 0 Å².